The Morgan fingerprint density at radius 1 is 1.00 bits per heavy atom. The maximum Gasteiger partial charge on any atom is 0.256 e. The molecule has 4 nitrogen and oxygen atoms in total. The number of hydrogen-bond donors (Lipinski definition) is 1. The van der Waals surface area contributed by atoms with Gasteiger partial charge in [0.05, 0.1) is 5.69 Å². The molecule has 0 atom stereocenters. The summed E-state index contributed by atoms with van der Waals surface area (Å²) in [7, 11) is 0. The molecule has 0 aliphatic rings. The lowest BCUT2D eigenvalue weighted by Gasteiger charge is -2.08. The Kier molecular flexibility index (Phi) is 4.42. The van der Waals surface area contributed by atoms with Gasteiger partial charge in [-0.3, -0.25) is 9.20 Å². The lowest BCUT2D eigenvalue weighted by molar-refractivity contribution is 0.102. The molecule has 1 amide bonds. The van der Waals surface area contributed by atoms with E-state index in [1.165, 1.54) is 0 Å². The number of imidazole rings is 1. The van der Waals surface area contributed by atoms with Crippen LogP contribution in [0.3, 0.4) is 0 Å². The van der Waals surface area contributed by atoms with Gasteiger partial charge < -0.3 is 5.32 Å². The Bertz CT molecular complexity index is 1070. The van der Waals surface area contributed by atoms with E-state index in [0.29, 0.717) is 22.8 Å². The summed E-state index contributed by atoms with van der Waals surface area (Å²) >= 11 is 6.01. The van der Waals surface area contributed by atoms with Crippen molar-refractivity contribution in [3.8, 4) is 0 Å². The van der Waals surface area contributed by atoms with Crippen LogP contribution in [0, 0.1) is 0 Å². The van der Waals surface area contributed by atoms with E-state index in [1.807, 2.05) is 59.1 Å². The normalized spacial score (nSPS) is 10.8. The van der Waals surface area contributed by atoms with Gasteiger partial charge in [-0.1, -0.05) is 54.1 Å². The lowest BCUT2D eigenvalue weighted by Crippen LogP contribution is -2.14. The number of carbonyl (C=O) groups is 1. The molecule has 0 saturated carbocycles. The van der Waals surface area contributed by atoms with Crippen molar-refractivity contribution in [2.75, 3.05) is 5.32 Å². The number of halogens is 1. The first-order valence-corrected chi connectivity index (χ1v) is 8.65. The zero-order valence-corrected chi connectivity index (χ0v) is 14.6. The van der Waals surface area contributed by atoms with Gasteiger partial charge in [-0.2, -0.15) is 0 Å². The molecule has 4 aromatic rings. The Morgan fingerprint density at radius 3 is 2.62 bits per heavy atom. The van der Waals surface area contributed by atoms with Crippen LogP contribution in [0.5, 0.6) is 0 Å². The van der Waals surface area contributed by atoms with Crippen molar-refractivity contribution in [1.82, 2.24) is 9.38 Å². The molecule has 5 heteroatoms. The molecule has 0 bridgehead atoms. The molecule has 128 valence electrons. The second-order valence-corrected chi connectivity index (χ2v) is 6.40. The average molecular weight is 362 g/mol. The number of rotatable bonds is 4. The van der Waals surface area contributed by atoms with Gasteiger partial charge in [-0.15, -0.1) is 0 Å². The summed E-state index contributed by atoms with van der Waals surface area (Å²) in [4.78, 5) is 17.4. The van der Waals surface area contributed by atoms with Crippen molar-refractivity contribution >= 4 is 29.0 Å². The maximum atomic E-state index is 12.7. The third-order valence-corrected chi connectivity index (χ3v) is 4.37. The third-order valence-electron chi connectivity index (χ3n) is 4.14. The van der Waals surface area contributed by atoms with Crippen LogP contribution in [0.4, 0.5) is 5.82 Å². The number of pyridine rings is 1. The number of hydrogen-bond acceptors (Lipinski definition) is 2. The molecule has 0 radical (unpaired) electrons. The molecular formula is C21H16ClN3O. The van der Waals surface area contributed by atoms with Crippen LogP contribution in [-0.2, 0) is 6.42 Å². The van der Waals surface area contributed by atoms with E-state index in [-0.39, 0.29) is 5.91 Å². The van der Waals surface area contributed by atoms with E-state index < -0.39 is 0 Å². The number of anilines is 1. The summed E-state index contributed by atoms with van der Waals surface area (Å²) < 4.78 is 1.89. The number of amides is 1. The molecule has 26 heavy (non-hydrogen) atoms. The number of fused-ring (bicyclic) bond motifs is 1. The molecule has 2 aromatic heterocycles. The van der Waals surface area contributed by atoms with Gasteiger partial charge in [0.25, 0.3) is 5.91 Å². The van der Waals surface area contributed by atoms with E-state index in [9.17, 15) is 4.79 Å². The quantitative estimate of drug-likeness (QED) is 0.565. The Morgan fingerprint density at radius 2 is 1.81 bits per heavy atom. The van der Waals surface area contributed by atoms with Crippen molar-refractivity contribution in [2.24, 2.45) is 0 Å². The fourth-order valence-corrected chi connectivity index (χ4v) is 3.09. The summed E-state index contributed by atoms with van der Waals surface area (Å²) in [6.07, 6.45) is 2.53. The summed E-state index contributed by atoms with van der Waals surface area (Å²) in [5.41, 5.74) is 3.25. The summed E-state index contributed by atoms with van der Waals surface area (Å²) in [6, 6.07) is 22.7. The Hall–Kier alpha value is -3.11. The maximum absolute atomic E-state index is 12.7. The predicted octanol–water partition coefficient (Wildman–Crippen LogP) is 4.83. The number of nitrogens with one attached hydrogen (secondary N) is 1. The first-order valence-electron chi connectivity index (χ1n) is 8.27. The first-order chi connectivity index (χ1) is 12.7. The van der Waals surface area contributed by atoms with Gasteiger partial charge in [0, 0.05) is 23.2 Å². The molecular weight excluding hydrogens is 346 g/mol. The number of carbonyl (C=O) groups excluding carboxylic acids is 1. The smallest absolute Gasteiger partial charge is 0.256 e. The van der Waals surface area contributed by atoms with E-state index in [2.05, 4.69) is 5.32 Å². The largest absolute Gasteiger partial charge is 0.306 e. The highest BCUT2D eigenvalue weighted by atomic mass is 35.5. The van der Waals surface area contributed by atoms with Crippen molar-refractivity contribution in [3.63, 3.8) is 0 Å². The molecule has 2 aromatic carbocycles. The van der Waals surface area contributed by atoms with Crippen LogP contribution in [-0.4, -0.2) is 15.3 Å². The summed E-state index contributed by atoms with van der Waals surface area (Å²) in [5.74, 6) is 0.460. The van der Waals surface area contributed by atoms with E-state index in [0.717, 1.165) is 16.9 Å². The molecule has 4 rings (SSSR count). The molecule has 0 spiro atoms. The minimum absolute atomic E-state index is 0.215. The summed E-state index contributed by atoms with van der Waals surface area (Å²) in [5, 5.41) is 3.53. The topological polar surface area (TPSA) is 46.4 Å². The fourth-order valence-electron chi connectivity index (χ4n) is 2.90. The van der Waals surface area contributed by atoms with Crippen LogP contribution in [0.2, 0.25) is 5.02 Å². The fraction of sp³-hybridized carbons (Fsp3) is 0.0476. The van der Waals surface area contributed by atoms with Gasteiger partial charge in [-0.25, -0.2) is 4.98 Å². The zero-order chi connectivity index (χ0) is 17.9. The van der Waals surface area contributed by atoms with Crippen molar-refractivity contribution < 1.29 is 4.79 Å². The van der Waals surface area contributed by atoms with E-state index >= 15 is 0 Å². The highest BCUT2D eigenvalue weighted by Gasteiger charge is 2.16. The molecule has 0 aliphatic heterocycles. The Balaban J connectivity index is 1.73. The predicted molar refractivity (Wildman–Crippen MR) is 104 cm³/mol. The SMILES string of the molecule is O=C(Nc1c(Cc2ccccc2)nc2ccccn12)c1cccc(Cl)c1. The van der Waals surface area contributed by atoms with E-state index in [1.54, 1.807) is 24.3 Å². The first kappa shape index (κ1) is 16.4. The molecule has 2 heterocycles. The lowest BCUT2D eigenvalue weighted by atomic mass is 10.1. The average Bonchev–Trinajstić information content (AvgIpc) is 3.00. The monoisotopic (exact) mass is 361 g/mol. The molecule has 0 saturated heterocycles. The minimum Gasteiger partial charge on any atom is -0.306 e. The number of benzene rings is 2. The van der Waals surface area contributed by atoms with Gasteiger partial charge in [0.1, 0.15) is 11.5 Å². The van der Waals surface area contributed by atoms with Crippen LogP contribution in [0.15, 0.2) is 79.0 Å². The van der Waals surface area contributed by atoms with Crippen LogP contribution < -0.4 is 5.32 Å². The molecule has 0 fully saturated rings. The molecule has 0 unspecified atom stereocenters. The summed E-state index contributed by atoms with van der Waals surface area (Å²) in [6.45, 7) is 0. The second kappa shape index (κ2) is 7.02. The molecule has 0 aliphatic carbocycles. The third kappa shape index (κ3) is 3.32. The van der Waals surface area contributed by atoms with Crippen molar-refractivity contribution in [3.05, 3.63) is 101 Å². The minimum atomic E-state index is -0.215. The van der Waals surface area contributed by atoms with Crippen molar-refractivity contribution in [1.29, 1.82) is 0 Å². The Labute approximate surface area is 156 Å². The molecule has 1 N–H and O–H groups in total. The van der Waals surface area contributed by atoms with Gasteiger partial charge in [0.2, 0.25) is 0 Å². The van der Waals surface area contributed by atoms with Crippen LogP contribution in [0.25, 0.3) is 5.65 Å². The van der Waals surface area contributed by atoms with Crippen LogP contribution in [0.1, 0.15) is 21.6 Å². The highest BCUT2D eigenvalue weighted by Crippen LogP contribution is 2.22. The standard InChI is InChI=1S/C21H16ClN3O/c22-17-10-6-9-16(14-17)21(26)24-20-18(13-15-7-2-1-3-8-15)23-19-11-4-5-12-25(19)20/h1-12,14H,13H2,(H,24,26). The van der Waals surface area contributed by atoms with Gasteiger partial charge >= 0.3 is 0 Å². The van der Waals surface area contributed by atoms with E-state index in [4.69, 9.17) is 16.6 Å². The number of aromatic nitrogens is 2. The van der Waals surface area contributed by atoms with Gasteiger partial charge in [0.15, 0.2) is 0 Å². The number of nitrogens with zero attached hydrogens (tertiary/aromatic N) is 2. The van der Waals surface area contributed by atoms with Gasteiger partial charge in [-0.05, 0) is 35.9 Å². The second-order valence-electron chi connectivity index (χ2n) is 5.96. The zero-order valence-electron chi connectivity index (χ0n) is 13.9. The highest BCUT2D eigenvalue weighted by molar-refractivity contribution is 6.31. The van der Waals surface area contributed by atoms with Crippen molar-refractivity contribution in [2.45, 2.75) is 6.42 Å². The van der Waals surface area contributed by atoms with Crippen LogP contribution >= 0.6 is 11.6 Å².